The molecule has 0 radical (unpaired) electrons. The van der Waals surface area contributed by atoms with Gasteiger partial charge in [0.1, 0.15) is 5.75 Å². The van der Waals surface area contributed by atoms with E-state index in [1.54, 1.807) is 19.1 Å². The summed E-state index contributed by atoms with van der Waals surface area (Å²) in [6, 6.07) is 10.2. The fraction of sp³-hybridized carbons (Fsp3) is 0.333. The molecule has 0 bridgehead atoms. The van der Waals surface area contributed by atoms with Crippen LogP contribution in [0.25, 0.3) is 0 Å². The predicted octanol–water partition coefficient (Wildman–Crippen LogP) is 3.07. The third kappa shape index (κ3) is 6.88. The summed E-state index contributed by atoms with van der Waals surface area (Å²) in [4.78, 5) is 34.7. The zero-order chi connectivity index (χ0) is 23.0. The van der Waals surface area contributed by atoms with Crippen LogP contribution in [0.3, 0.4) is 0 Å². The Morgan fingerprint density at radius 2 is 1.90 bits per heavy atom. The quantitative estimate of drug-likeness (QED) is 0.448. The Labute approximate surface area is 184 Å². The number of nitro benzene ring substituents is 1. The highest BCUT2D eigenvalue weighted by Crippen LogP contribution is 2.29. The summed E-state index contributed by atoms with van der Waals surface area (Å²) >= 11 is 1.26. The van der Waals surface area contributed by atoms with E-state index < -0.39 is 22.8 Å². The Hall–Kier alpha value is -3.27. The van der Waals surface area contributed by atoms with Crippen molar-refractivity contribution < 1.29 is 24.0 Å². The number of nitrogens with one attached hydrogen (secondary N) is 2. The molecule has 0 aliphatic heterocycles. The van der Waals surface area contributed by atoms with Gasteiger partial charge in [0.05, 0.1) is 17.8 Å². The number of hydrogen-bond donors (Lipinski definition) is 2. The first-order chi connectivity index (χ1) is 14.7. The van der Waals surface area contributed by atoms with Crippen LogP contribution in [0.1, 0.15) is 23.6 Å². The van der Waals surface area contributed by atoms with Gasteiger partial charge in [0.25, 0.3) is 5.91 Å². The topological polar surface area (TPSA) is 120 Å². The number of aryl methyl sites for hydroxylation is 1. The molecule has 0 saturated heterocycles. The zero-order valence-electron chi connectivity index (χ0n) is 17.8. The Bertz CT molecular complexity index is 966. The summed E-state index contributed by atoms with van der Waals surface area (Å²) in [6.45, 7) is 5.45. The SMILES string of the molecule is COc1ccc(CSCC(=O)NNC(=O)C(C)Oc2cccc(C)c2C)cc1[N+](=O)[O-]. The Kier molecular flexibility index (Phi) is 8.68. The molecule has 9 nitrogen and oxygen atoms in total. The number of carbonyl (C=O) groups excluding carboxylic acids is 2. The normalized spacial score (nSPS) is 11.4. The standard InChI is InChI=1S/C21H25N3O6S/c1-13-6-5-7-18(14(13)2)30-15(3)21(26)23-22-20(25)12-31-11-16-8-9-19(29-4)17(10-16)24(27)28/h5-10,15H,11-12H2,1-4H3,(H,22,25)(H,23,26). The van der Waals surface area contributed by atoms with Crippen molar-refractivity contribution in [3.8, 4) is 11.5 Å². The summed E-state index contributed by atoms with van der Waals surface area (Å²) in [7, 11) is 1.36. The molecular weight excluding hydrogens is 422 g/mol. The molecule has 0 saturated carbocycles. The summed E-state index contributed by atoms with van der Waals surface area (Å²) in [5.41, 5.74) is 7.24. The molecule has 1 unspecified atom stereocenters. The number of carbonyl (C=O) groups is 2. The smallest absolute Gasteiger partial charge is 0.311 e. The van der Waals surface area contributed by atoms with E-state index in [2.05, 4.69) is 10.9 Å². The van der Waals surface area contributed by atoms with Crippen LogP contribution in [0, 0.1) is 24.0 Å². The number of methoxy groups -OCH3 is 1. The van der Waals surface area contributed by atoms with Gasteiger partial charge in [-0.15, -0.1) is 11.8 Å². The monoisotopic (exact) mass is 447 g/mol. The van der Waals surface area contributed by atoms with Crippen molar-refractivity contribution in [2.75, 3.05) is 12.9 Å². The van der Waals surface area contributed by atoms with Crippen molar-refractivity contribution in [2.45, 2.75) is 32.6 Å². The molecule has 1 atom stereocenters. The van der Waals surface area contributed by atoms with Crippen LogP contribution < -0.4 is 20.3 Å². The van der Waals surface area contributed by atoms with Gasteiger partial charge in [0.2, 0.25) is 5.91 Å². The fourth-order valence-electron chi connectivity index (χ4n) is 2.59. The number of hydrazine groups is 1. The van der Waals surface area contributed by atoms with E-state index in [9.17, 15) is 19.7 Å². The van der Waals surface area contributed by atoms with Gasteiger partial charge < -0.3 is 9.47 Å². The van der Waals surface area contributed by atoms with E-state index in [1.165, 1.54) is 31.0 Å². The Morgan fingerprint density at radius 1 is 1.16 bits per heavy atom. The van der Waals surface area contributed by atoms with Crippen LogP contribution in [0.15, 0.2) is 36.4 Å². The number of benzene rings is 2. The van der Waals surface area contributed by atoms with Crippen molar-refractivity contribution in [2.24, 2.45) is 0 Å². The van der Waals surface area contributed by atoms with E-state index in [4.69, 9.17) is 9.47 Å². The number of nitro groups is 1. The van der Waals surface area contributed by atoms with Crippen LogP contribution >= 0.6 is 11.8 Å². The number of hydrogen-bond acceptors (Lipinski definition) is 7. The summed E-state index contributed by atoms with van der Waals surface area (Å²) < 4.78 is 10.6. The first-order valence-electron chi connectivity index (χ1n) is 9.43. The van der Waals surface area contributed by atoms with Gasteiger partial charge in [-0.2, -0.15) is 0 Å². The van der Waals surface area contributed by atoms with Crippen LogP contribution in [0.2, 0.25) is 0 Å². The highest BCUT2D eigenvalue weighted by atomic mass is 32.2. The second kappa shape index (κ2) is 11.2. The third-order valence-electron chi connectivity index (χ3n) is 4.49. The molecule has 0 heterocycles. The van der Waals surface area contributed by atoms with Gasteiger partial charge >= 0.3 is 5.69 Å². The van der Waals surface area contributed by atoms with Crippen LogP contribution in [0.4, 0.5) is 5.69 Å². The van der Waals surface area contributed by atoms with Crippen LogP contribution in [-0.2, 0) is 15.3 Å². The largest absolute Gasteiger partial charge is 0.490 e. The van der Waals surface area contributed by atoms with E-state index >= 15 is 0 Å². The van der Waals surface area contributed by atoms with Crippen LogP contribution in [-0.4, -0.2) is 35.7 Å². The van der Waals surface area contributed by atoms with Gasteiger partial charge in [-0.25, -0.2) is 0 Å². The lowest BCUT2D eigenvalue weighted by Gasteiger charge is -2.17. The summed E-state index contributed by atoms with van der Waals surface area (Å²) in [6.07, 6.45) is -0.798. The molecule has 2 aromatic rings. The molecule has 2 amide bonds. The summed E-state index contributed by atoms with van der Waals surface area (Å²) in [5, 5.41) is 11.1. The molecular formula is C21H25N3O6S. The molecule has 2 rings (SSSR count). The van der Waals surface area contributed by atoms with Gasteiger partial charge in [0, 0.05) is 11.8 Å². The second-order valence-corrected chi connectivity index (χ2v) is 7.74. The lowest BCUT2D eigenvalue weighted by atomic mass is 10.1. The van der Waals surface area contributed by atoms with Crippen molar-refractivity contribution >= 4 is 29.3 Å². The number of nitrogens with zero attached hydrogens (tertiary/aromatic N) is 1. The number of ether oxygens (including phenoxy) is 2. The fourth-order valence-corrected chi connectivity index (χ4v) is 3.37. The minimum absolute atomic E-state index is 0.0618. The molecule has 2 aromatic carbocycles. The maximum absolute atomic E-state index is 12.2. The minimum Gasteiger partial charge on any atom is -0.490 e. The number of rotatable bonds is 9. The van der Waals surface area contributed by atoms with Gasteiger partial charge in [-0.3, -0.25) is 30.6 Å². The highest BCUT2D eigenvalue weighted by molar-refractivity contribution is 7.99. The van der Waals surface area contributed by atoms with Crippen molar-refractivity contribution in [3.63, 3.8) is 0 Å². The predicted molar refractivity (Wildman–Crippen MR) is 118 cm³/mol. The van der Waals surface area contributed by atoms with Crippen molar-refractivity contribution in [3.05, 3.63) is 63.2 Å². The van der Waals surface area contributed by atoms with Crippen molar-refractivity contribution in [1.82, 2.24) is 10.9 Å². The molecule has 0 aliphatic rings. The van der Waals surface area contributed by atoms with E-state index in [1.807, 2.05) is 26.0 Å². The third-order valence-corrected chi connectivity index (χ3v) is 5.50. The molecule has 0 aromatic heterocycles. The van der Waals surface area contributed by atoms with Crippen LogP contribution in [0.5, 0.6) is 11.5 Å². The van der Waals surface area contributed by atoms with E-state index in [0.29, 0.717) is 17.1 Å². The van der Waals surface area contributed by atoms with Gasteiger partial charge in [0.15, 0.2) is 11.9 Å². The molecule has 10 heteroatoms. The number of amides is 2. The van der Waals surface area contributed by atoms with E-state index in [0.717, 1.165) is 11.1 Å². The zero-order valence-corrected chi connectivity index (χ0v) is 18.6. The van der Waals surface area contributed by atoms with Gasteiger partial charge in [-0.1, -0.05) is 18.2 Å². The van der Waals surface area contributed by atoms with Gasteiger partial charge in [-0.05, 0) is 49.6 Å². The maximum atomic E-state index is 12.2. The molecule has 0 spiro atoms. The first kappa shape index (κ1) is 24.0. The average Bonchev–Trinajstić information content (AvgIpc) is 2.75. The Morgan fingerprint density at radius 3 is 2.58 bits per heavy atom. The second-order valence-electron chi connectivity index (χ2n) is 6.75. The lowest BCUT2D eigenvalue weighted by Crippen LogP contribution is -2.47. The molecule has 0 aliphatic carbocycles. The molecule has 0 fully saturated rings. The molecule has 2 N–H and O–H groups in total. The lowest BCUT2D eigenvalue weighted by molar-refractivity contribution is -0.385. The molecule has 31 heavy (non-hydrogen) atoms. The first-order valence-corrected chi connectivity index (χ1v) is 10.6. The average molecular weight is 448 g/mol. The Balaban J connectivity index is 1.77. The highest BCUT2D eigenvalue weighted by Gasteiger charge is 2.17. The number of thioether (sulfide) groups is 1. The molecule has 166 valence electrons. The van der Waals surface area contributed by atoms with E-state index in [-0.39, 0.29) is 17.2 Å². The summed E-state index contributed by atoms with van der Waals surface area (Å²) in [5.74, 6) is 0.352. The maximum Gasteiger partial charge on any atom is 0.311 e. The minimum atomic E-state index is -0.798. The van der Waals surface area contributed by atoms with Crippen molar-refractivity contribution in [1.29, 1.82) is 0 Å².